The van der Waals surface area contributed by atoms with E-state index in [1.807, 2.05) is 71.6 Å². The normalized spacial score (nSPS) is 11.3. The third-order valence-corrected chi connectivity index (χ3v) is 6.07. The molecule has 6 heterocycles. The van der Waals surface area contributed by atoms with Crippen LogP contribution in [0.3, 0.4) is 0 Å². The summed E-state index contributed by atoms with van der Waals surface area (Å²) >= 11 is 0. The van der Waals surface area contributed by atoms with Crippen LogP contribution in [0.5, 0.6) is 0 Å². The monoisotopic (exact) mass is 742 g/mol. The van der Waals surface area contributed by atoms with E-state index in [9.17, 15) is 34.5 Å². The van der Waals surface area contributed by atoms with Crippen LogP contribution in [0.1, 0.15) is 46.7 Å². The maximum Gasteiger partial charge on any atom is 2.00 e. The van der Waals surface area contributed by atoms with Crippen LogP contribution in [-0.4, -0.2) is 73.2 Å². The smallest absolute Gasteiger partial charge is 0.418 e. The molecule has 6 rings (SSSR count). The molecule has 23 heteroatoms. The molecule has 0 amide bonds. The summed E-state index contributed by atoms with van der Waals surface area (Å²) in [7, 11) is -12.0. The van der Waals surface area contributed by atoms with Crippen molar-refractivity contribution in [1.82, 2.24) is 58.7 Å². The molecule has 6 aromatic rings. The standard InChI is InChI=1S/C16H22N6.C10H10N6.2BF4.Fe/c1-10-7-13(4)20(17-10)16(21-14(5)8-11(2)18-21)22-15(6)9-12(3)19-22;1-4-11-14(7-1)10(15-8-2-5-12-15)16-9-3-6-13-16;2*2-1(3,4)5;/h7-9,16H,1-6H3;1-10H;;;/q;;2*-1;+2. The van der Waals surface area contributed by atoms with Gasteiger partial charge in [0.15, 0.2) is 0 Å². The number of aromatic nitrogens is 12. The van der Waals surface area contributed by atoms with Crippen LogP contribution in [0.25, 0.3) is 0 Å². The molecule has 0 aliphatic rings. The maximum absolute atomic E-state index is 9.75. The van der Waals surface area contributed by atoms with Crippen LogP contribution >= 0.6 is 0 Å². The Morgan fingerprint density at radius 1 is 0.469 bits per heavy atom. The molecule has 49 heavy (non-hydrogen) atoms. The molecule has 0 spiro atoms. The molecule has 0 saturated heterocycles. The Kier molecular flexibility index (Phi) is 14.2. The summed E-state index contributed by atoms with van der Waals surface area (Å²) in [6.07, 6.45) is 10.4. The summed E-state index contributed by atoms with van der Waals surface area (Å²) in [6.45, 7) is 12.2. The van der Waals surface area contributed by atoms with E-state index >= 15 is 0 Å². The first kappa shape index (κ1) is 40.5. The summed E-state index contributed by atoms with van der Waals surface area (Å²) in [4.78, 5) is 0. The van der Waals surface area contributed by atoms with Crippen molar-refractivity contribution in [3.8, 4) is 0 Å². The molecule has 0 N–H and O–H groups in total. The van der Waals surface area contributed by atoms with Crippen molar-refractivity contribution in [2.75, 3.05) is 0 Å². The summed E-state index contributed by atoms with van der Waals surface area (Å²) < 4.78 is 89.3. The zero-order valence-corrected chi connectivity index (χ0v) is 28.1. The van der Waals surface area contributed by atoms with Crippen molar-refractivity contribution in [2.24, 2.45) is 0 Å². The third-order valence-electron chi connectivity index (χ3n) is 6.07. The molecule has 0 unspecified atom stereocenters. The Morgan fingerprint density at radius 3 is 0.878 bits per heavy atom. The van der Waals surface area contributed by atoms with Gasteiger partial charge in [0, 0.05) is 54.3 Å². The van der Waals surface area contributed by atoms with Crippen molar-refractivity contribution in [1.29, 1.82) is 0 Å². The summed E-state index contributed by atoms with van der Waals surface area (Å²) in [6, 6.07) is 11.8. The molecule has 0 aliphatic heterocycles. The first-order chi connectivity index (χ1) is 22.3. The molecule has 0 bridgehead atoms. The molecule has 6 aromatic heterocycles. The Hall–Kier alpha value is -4.65. The van der Waals surface area contributed by atoms with E-state index < -0.39 is 14.5 Å². The Bertz CT molecular complexity index is 1600. The number of hydrogen-bond donors (Lipinski definition) is 0. The molecule has 266 valence electrons. The van der Waals surface area contributed by atoms with Crippen LogP contribution in [-0.2, 0) is 17.1 Å². The molecule has 0 fully saturated rings. The van der Waals surface area contributed by atoms with Gasteiger partial charge in [-0.25, -0.2) is 28.1 Å². The molecular formula is C26H32B2F8FeN12. The van der Waals surface area contributed by atoms with Gasteiger partial charge in [0.25, 0.3) is 0 Å². The molecule has 0 radical (unpaired) electrons. The average Bonchev–Trinajstić information content (AvgIpc) is 3.78. The van der Waals surface area contributed by atoms with Crippen molar-refractivity contribution in [3.63, 3.8) is 0 Å². The fourth-order valence-electron chi connectivity index (χ4n) is 4.57. The van der Waals surface area contributed by atoms with E-state index in [4.69, 9.17) is 0 Å². The van der Waals surface area contributed by atoms with Gasteiger partial charge in [0.05, 0.1) is 17.1 Å². The topological polar surface area (TPSA) is 107 Å². The second kappa shape index (κ2) is 17.1. The first-order valence-corrected chi connectivity index (χ1v) is 14.1. The van der Waals surface area contributed by atoms with E-state index in [-0.39, 0.29) is 29.6 Å². The van der Waals surface area contributed by atoms with Gasteiger partial charge in [0.1, 0.15) is 0 Å². The minimum atomic E-state index is -6.00. The zero-order valence-electron chi connectivity index (χ0n) is 27.0. The number of hydrogen-bond acceptors (Lipinski definition) is 6. The number of halogens is 8. The Balaban J connectivity index is 0.000000269. The predicted molar refractivity (Wildman–Crippen MR) is 162 cm³/mol. The van der Waals surface area contributed by atoms with Crippen molar-refractivity contribution < 1.29 is 51.6 Å². The summed E-state index contributed by atoms with van der Waals surface area (Å²) in [5.41, 5.74) is 6.23. The summed E-state index contributed by atoms with van der Waals surface area (Å²) in [5.74, 6) is 0. The van der Waals surface area contributed by atoms with E-state index in [1.54, 1.807) is 32.6 Å². The van der Waals surface area contributed by atoms with E-state index in [1.165, 1.54) is 0 Å². The molecule has 12 nitrogen and oxygen atoms in total. The fraction of sp³-hybridized carbons (Fsp3) is 0.308. The van der Waals surface area contributed by atoms with Gasteiger partial charge in [-0.2, -0.15) is 30.6 Å². The second-order valence-corrected chi connectivity index (χ2v) is 10.3. The van der Waals surface area contributed by atoms with Crippen LogP contribution < -0.4 is 0 Å². The fourth-order valence-corrected chi connectivity index (χ4v) is 4.57. The van der Waals surface area contributed by atoms with Gasteiger partial charge in [-0.05, 0) is 77.9 Å². The Morgan fingerprint density at radius 2 is 0.714 bits per heavy atom. The second-order valence-electron chi connectivity index (χ2n) is 10.3. The van der Waals surface area contributed by atoms with Gasteiger partial charge in [-0.15, -0.1) is 0 Å². The first-order valence-electron chi connectivity index (χ1n) is 14.1. The van der Waals surface area contributed by atoms with Gasteiger partial charge < -0.3 is 34.5 Å². The van der Waals surface area contributed by atoms with Crippen molar-refractivity contribution in [2.45, 2.75) is 54.1 Å². The molecule has 0 saturated carbocycles. The summed E-state index contributed by atoms with van der Waals surface area (Å²) in [5, 5.41) is 26.6. The van der Waals surface area contributed by atoms with Crippen LogP contribution in [0.4, 0.5) is 34.5 Å². The maximum atomic E-state index is 9.75. The van der Waals surface area contributed by atoms with Crippen molar-refractivity contribution >= 4 is 14.5 Å². The van der Waals surface area contributed by atoms with Crippen LogP contribution in [0, 0.1) is 41.5 Å². The quantitative estimate of drug-likeness (QED) is 0.151. The number of nitrogens with zero attached hydrogens (tertiary/aromatic N) is 12. The Labute approximate surface area is 286 Å². The minimum absolute atomic E-state index is 0. The largest absolute Gasteiger partial charge is 2.00 e. The minimum Gasteiger partial charge on any atom is -0.418 e. The van der Waals surface area contributed by atoms with Gasteiger partial charge in [-0.1, -0.05) is 0 Å². The van der Waals surface area contributed by atoms with E-state index in [0.29, 0.717) is 0 Å². The number of rotatable bonds is 6. The van der Waals surface area contributed by atoms with Gasteiger partial charge >= 0.3 is 31.6 Å². The average molecular weight is 742 g/mol. The molecule has 0 aromatic carbocycles. The predicted octanol–water partition coefficient (Wildman–Crippen LogP) is 6.11. The molecule has 0 aliphatic carbocycles. The number of aryl methyl sites for hydroxylation is 6. The molecular weight excluding hydrogens is 710 g/mol. The van der Waals surface area contributed by atoms with Crippen LogP contribution in [0.2, 0.25) is 0 Å². The van der Waals surface area contributed by atoms with Crippen LogP contribution in [0.15, 0.2) is 73.6 Å². The third kappa shape index (κ3) is 12.7. The zero-order chi connectivity index (χ0) is 35.8. The van der Waals surface area contributed by atoms with Gasteiger partial charge in [-0.3, -0.25) is 0 Å². The molecule has 0 atom stereocenters. The van der Waals surface area contributed by atoms with E-state index in [0.717, 1.165) is 34.2 Å². The van der Waals surface area contributed by atoms with E-state index in [2.05, 4.69) is 69.6 Å². The van der Waals surface area contributed by atoms with Gasteiger partial charge in [0.2, 0.25) is 12.6 Å². The SMILES string of the molecule is Cc1cc(C)n(C(n2nc(C)cc2C)n2nc(C)cc2C)n1.F[B-](F)(F)F.F[B-](F)(F)F.[Fe+2].c1cnn(C(n2cccn2)n2cccn2)c1. The van der Waals surface area contributed by atoms with Crippen molar-refractivity contribution in [3.05, 3.63) is 108 Å².